The van der Waals surface area contributed by atoms with Gasteiger partial charge < -0.3 is 9.80 Å². The molecule has 4 nitrogen and oxygen atoms in total. The summed E-state index contributed by atoms with van der Waals surface area (Å²) in [5.41, 5.74) is 3.38. The van der Waals surface area contributed by atoms with Gasteiger partial charge in [-0.3, -0.25) is 9.59 Å². The average molecular weight is 465 g/mol. The van der Waals surface area contributed by atoms with Gasteiger partial charge in [-0.2, -0.15) is 0 Å². The van der Waals surface area contributed by atoms with E-state index >= 15 is 0 Å². The van der Waals surface area contributed by atoms with Gasteiger partial charge >= 0.3 is 0 Å². The number of aryl methyl sites for hydroxylation is 1. The van der Waals surface area contributed by atoms with E-state index in [2.05, 4.69) is 0 Å². The topological polar surface area (TPSA) is 40.6 Å². The lowest BCUT2D eigenvalue weighted by atomic mass is 9.89. The van der Waals surface area contributed by atoms with Crippen LogP contribution in [0.25, 0.3) is 0 Å². The van der Waals surface area contributed by atoms with Crippen molar-refractivity contribution in [2.24, 2.45) is 0 Å². The zero-order valence-corrected chi connectivity index (χ0v) is 19.6. The number of amides is 2. The Bertz CT molecular complexity index is 1190. The van der Waals surface area contributed by atoms with Crippen LogP contribution in [-0.4, -0.2) is 17.9 Å². The lowest BCUT2D eigenvalue weighted by Gasteiger charge is -2.43. The number of hydrogen-bond acceptors (Lipinski definition) is 2. The van der Waals surface area contributed by atoms with Crippen LogP contribution in [0.3, 0.4) is 0 Å². The molecule has 1 aliphatic heterocycles. The van der Waals surface area contributed by atoms with Crippen LogP contribution in [0.1, 0.15) is 54.7 Å². The summed E-state index contributed by atoms with van der Waals surface area (Å²) in [6.45, 7) is 5.39. The zero-order chi connectivity index (χ0) is 23.7. The summed E-state index contributed by atoms with van der Waals surface area (Å²) < 4.78 is 14.0. The molecule has 1 aliphatic rings. The normalized spacial score (nSPS) is 17.4. The third-order valence-electron chi connectivity index (χ3n) is 6.21. The molecule has 1 heterocycles. The van der Waals surface area contributed by atoms with Gasteiger partial charge in [0.15, 0.2) is 0 Å². The van der Waals surface area contributed by atoms with Crippen LogP contribution in [0, 0.1) is 5.82 Å². The Balaban J connectivity index is 1.77. The van der Waals surface area contributed by atoms with E-state index in [0.717, 1.165) is 16.9 Å². The molecule has 0 fully saturated rings. The standard InChI is InChI=1S/C27H26ClFN2O2/c1-4-19-16-20(9-14-24(19)29)27(33)30-17(2)15-26(23-7-5-6-8-25(23)30)31(18(3)32)22-12-10-21(28)11-13-22/h5-14,16-17,26H,4,15H2,1-3H3/t17-,26+/m0/s1. The van der Waals surface area contributed by atoms with Crippen molar-refractivity contribution in [3.8, 4) is 0 Å². The minimum absolute atomic E-state index is 0.0878. The van der Waals surface area contributed by atoms with Crippen molar-refractivity contribution >= 4 is 34.8 Å². The van der Waals surface area contributed by atoms with E-state index < -0.39 is 0 Å². The smallest absolute Gasteiger partial charge is 0.258 e. The van der Waals surface area contributed by atoms with Crippen LogP contribution >= 0.6 is 11.6 Å². The highest BCUT2D eigenvalue weighted by atomic mass is 35.5. The maximum Gasteiger partial charge on any atom is 0.258 e. The van der Waals surface area contributed by atoms with Crippen LogP contribution in [0.15, 0.2) is 66.7 Å². The molecule has 3 aromatic rings. The van der Waals surface area contributed by atoms with Crippen molar-refractivity contribution in [1.82, 2.24) is 0 Å². The first-order valence-electron chi connectivity index (χ1n) is 11.1. The van der Waals surface area contributed by atoms with Crippen molar-refractivity contribution < 1.29 is 14.0 Å². The molecular formula is C27H26ClFN2O2. The highest BCUT2D eigenvalue weighted by Gasteiger charge is 2.38. The molecule has 0 aromatic heterocycles. The molecule has 0 bridgehead atoms. The Kier molecular flexibility index (Phi) is 6.52. The molecule has 33 heavy (non-hydrogen) atoms. The van der Waals surface area contributed by atoms with Gasteiger partial charge in [0, 0.05) is 34.9 Å². The summed E-state index contributed by atoms with van der Waals surface area (Å²) in [4.78, 5) is 29.9. The monoisotopic (exact) mass is 464 g/mol. The van der Waals surface area contributed by atoms with E-state index in [0.29, 0.717) is 29.0 Å². The van der Waals surface area contributed by atoms with Crippen LogP contribution in [-0.2, 0) is 11.2 Å². The van der Waals surface area contributed by atoms with Gasteiger partial charge in [-0.05, 0) is 79.4 Å². The number of para-hydroxylation sites is 1. The Labute approximate surface area is 198 Å². The molecule has 0 spiro atoms. The summed E-state index contributed by atoms with van der Waals surface area (Å²) in [6.07, 6.45) is 1.07. The molecule has 0 saturated heterocycles. The molecule has 3 aromatic carbocycles. The number of carbonyl (C=O) groups is 2. The average Bonchev–Trinajstić information content (AvgIpc) is 2.80. The summed E-state index contributed by atoms with van der Waals surface area (Å²) in [7, 11) is 0. The van der Waals surface area contributed by atoms with E-state index in [4.69, 9.17) is 11.6 Å². The molecule has 0 saturated carbocycles. The molecule has 6 heteroatoms. The van der Waals surface area contributed by atoms with Gasteiger partial charge in [0.05, 0.1) is 6.04 Å². The van der Waals surface area contributed by atoms with E-state index in [1.807, 2.05) is 50.2 Å². The number of carbonyl (C=O) groups excluding carboxylic acids is 2. The molecule has 0 N–H and O–H groups in total. The van der Waals surface area contributed by atoms with E-state index in [-0.39, 0.29) is 29.7 Å². The van der Waals surface area contributed by atoms with Crippen molar-refractivity contribution in [3.63, 3.8) is 0 Å². The largest absolute Gasteiger partial charge is 0.305 e. The Hall–Kier alpha value is -3.18. The number of benzene rings is 3. The second-order valence-corrected chi connectivity index (χ2v) is 8.80. The maximum atomic E-state index is 14.0. The van der Waals surface area contributed by atoms with E-state index in [1.165, 1.54) is 12.1 Å². The minimum Gasteiger partial charge on any atom is -0.305 e. The van der Waals surface area contributed by atoms with Gasteiger partial charge in [0.1, 0.15) is 5.82 Å². The van der Waals surface area contributed by atoms with Gasteiger partial charge in [0.25, 0.3) is 5.91 Å². The third-order valence-corrected chi connectivity index (χ3v) is 6.46. The van der Waals surface area contributed by atoms with Crippen LogP contribution in [0.5, 0.6) is 0 Å². The summed E-state index contributed by atoms with van der Waals surface area (Å²) in [5, 5.41) is 0.599. The highest BCUT2D eigenvalue weighted by molar-refractivity contribution is 6.30. The molecule has 4 rings (SSSR count). The SMILES string of the molecule is CCc1cc(C(=O)N2c3ccccc3[C@H](N(C(C)=O)c3ccc(Cl)cc3)C[C@@H]2C)ccc1F. The first kappa shape index (κ1) is 23.0. The molecule has 0 unspecified atom stereocenters. The highest BCUT2D eigenvalue weighted by Crippen LogP contribution is 2.42. The summed E-state index contributed by atoms with van der Waals surface area (Å²) in [6, 6.07) is 19.0. The van der Waals surface area contributed by atoms with Gasteiger partial charge in [-0.1, -0.05) is 36.7 Å². The predicted octanol–water partition coefficient (Wildman–Crippen LogP) is 6.57. The van der Waals surface area contributed by atoms with E-state index in [9.17, 15) is 14.0 Å². The molecule has 170 valence electrons. The maximum absolute atomic E-state index is 14.0. The molecule has 0 radical (unpaired) electrons. The molecular weight excluding hydrogens is 439 g/mol. The molecule has 2 amide bonds. The summed E-state index contributed by atoms with van der Waals surface area (Å²) in [5.74, 6) is -0.569. The number of rotatable bonds is 4. The lowest BCUT2D eigenvalue weighted by Crippen LogP contribution is -2.47. The molecule has 2 atom stereocenters. The number of hydrogen-bond donors (Lipinski definition) is 0. The number of halogens is 2. The lowest BCUT2D eigenvalue weighted by molar-refractivity contribution is -0.117. The number of nitrogens with zero attached hydrogens (tertiary/aromatic N) is 2. The Morgan fingerprint density at radius 2 is 1.79 bits per heavy atom. The van der Waals surface area contributed by atoms with Crippen molar-refractivity contribution in [1.29, 1.82) is 0 Å². The van der Waals surface area contributed by atoms with Gasteiger partial charge in [-0.25, -0.2) is 4.39 Å². The minimum atomic E-state index is -0.304. The fourth-order valence-corrected chi connectivity index (χ4v) is 4.76. The summed E-state index contributed by atoms with van der Waals surface area (Å²) >= 11 is 6.06. The fourth-order valence-electron chi connectivity index (χ4n) is 4.64. The first-order valence-corrected chi connectivity index (χ1v) is 11.5. The third kappa shape index (κ3) is 4.38. The fraction of sp³-hybridized carbons (Fsp3) is 0.259. The van der Waals surface area contributed by atoms with E-state index in [1.54, 1.807) is 34.9 Å². The number of fused-ring (bicyclic) bond motifs is 1. The zero-order valence-electron chi connectivity index (χ0n) is 18.9. The van der Waals surface area contributed by atoms with Gasteiger partial charge in [0.2, 0.25) is 5.91 Å². The Morgan fingerprint density at radius 3 is 2.45 bits per heavy atom. The molecule has 0 aliphatic carbocycles. The quantitative estimate of drug-likeness (QED) is 0.438. The number of anilines is 2. The van der Waals surface area contributed by atoms with Crippen LogP contribution < -0.4 is 9.80 Å². The van der Waals surface area contributed by atoms with Gasteiger partial charge in [-0.15, -0.1) is 0 Å². The predicted molar refractivity (Wildman–Crippen MR) is 130 cm³/mol. The van der Waals surface area contributed by atoms with Crippen LogP contribution in [0.2, 0.25) is 5.02 Å². The van der Waals surface area contributed by atoms with Crippen molar-refractivity contribution in [2.75, 3.05) is 9.80 Å². The van der Waals surface area contributed by atoms with Crippen LogP contribution in [0.4, 0.5) is 15.8 Å². The Morgan fingerprint density at radius 1 is 1.09 bits per heavy atom. The second-order valence-electron chi connectivity index (χ2n) is 8.36. The second kappa shape index (κ2) is 9.36. The first-order chi connectivity index (χ1) is 15.8. The van der Waals surface area contributed by atoms with Crippen molar-refractivity contribution in [2.45, 2.75) is 45.7 Å². The van der Waals surface area contributed by atoms with Crippen molar-refractivity contribution in [3.05, 3.63) is 94.3 Å².